The molecule has 0 amide bonds. The van der Waals surface area contributed by atoms with Crippen molar-refractivity contribution in [2.75, 3.05) is 5.32 Å². The van der Waals surface area contributed by atoms with E-state index in [1.165, 1.54) is 30.5 Å². The summed E-state index contributed by atoms with van der Waals surface area (Å²) in [5, 5.41) is 12.2. The van der Waals surface area contributed by atoms with E-state index in [4.69, 9.17) is 16.9 Å². The number of benzene rings is 1. The first kappa shape index (κ1) is 15.0. The van der Waals surface area contributed by atoms with Gasteiger partial charge in [-0.15, -0.1) is 0 Å². The summed E-state index contributed by atoms with van der Waals surface area (Å²) in [7, 11) is -3.88. The van der Waals surface area contributed by atoms with Crippen LogP contribution in [0, 0.1) is 11.3 Å². The van der Waals surface area contributed by atoms with Crippen LogP contribution in [0.4, 0.5) is 5.69 Å². The van der Waals surface area contributed by atoms with Gasteiger partial charge in [-0.3, -0.25) is 4.98 Å². The lowest BCUT2D eigenvalue weighted by molar-refractivity contribution is 0.603. The number of hydrogen-bond donors (Lipinski definition) is 1. The highest BCUT2D eigenvalue weighted by atomic mass is 35.5. The average Bonchev–Trinajstić information content (AvgIpc) is 2.49. The predicted octanol–water partition coefficient (Wildman–Crippen LogP) is 2.99. The minimum atomic E-state index is -3.88. The standard InChI is InChI=1S/C14H10ClN3O2S/c15-11-3-5-13(6-4-11)21(19,20)14(8-16)10-18-12-2-1-7-17-9-12/h1-7,9-10,18H. The molecule has 0 saturated carbocycles. The second-order valence-electron chi connectivity index (χ2n) is 3.96. The van der Waals surface area contributed by atoms with Gasteiger partial charge in [0.2, 0.25) is 9.84 Å². The van der Waals surface area contributed by atoms with Crippen LogP contribution in [0.1, 0.15) is 0 Å². The lowest BCUT2D eigenvalue weighted by Gasteiger charge is -2.04. The Kier molecular flexibility index (Phi) is 4.58. The Labute approximate surface area is 127 Å². The molecule has 0 aliphatic heterocycles. The van der Waals surface area contributed by atoms with E-state index in [1.54, 1.807) is 24.4 Å². The van der Waals surface area contributed by atoms with Crippen LogP contribution in [-0.4, -0.2) is 13.4 Å². The molecule has 0 aliphatic carbocycles. The molecule has 1 aromatic carbocycles. The van der Waals surface area contributed by atoms with Crippen molar-refractivity contribution in [1.29, 1.82) is 5.26 Å². The van der Waals surface area contributed by atoms with Crippen LogP contribution in [0.25, 0.3) is 0 Å². The van der Waals surface area contributed by atoms with E-state index in [0.717, 1.165) is 6.20 Å². The number of sulfone groups is 1. The number of nitrogens with one attached hydrogen (secondary N) is 1. The highest BCUT2D eigenvalue weighted by molar-refractivity contribution is 7.95. The monoisotopic (exact) mass is 319 g/mol. The van der Waals surface area contributed by atoms with Crippen LogP contribution in [-0.2, 0) is 9.84 Å². The molecular formula is C14H10ClN3O2S. The van der Waals surface area contributed by atoms with Gasteiger partial charge in [0.15, 0.2) is 4.91 Å². The van der Waals surface area contributed by atoms with Crippen molar-refractivity contribution in [2.24, 2.45) is 0 Å². The van der Waals surface area contributed by atoms with Crippen LogP contribution in [0.15, 0.2) is 64.8 Å². The summed E-state index contributed by atoms with van der Waals surface area (Å²) < 4.78 is 24.6. The first-order chi connectivity index (χ1) is 10.0. The van der Waals surface area contributed by atoms with Gasteiger partial charge < -0.3 is 5.32 Å². The molecule has 1 N–H and O–H groups in total. The number of anilines is 1. The first-order valence-electron chi connectivity index (χ1n) is 5.81. The second kappa shape index (κ2) is 6.39. The van der Waals surface area contributed by atoms with Gasteiger partial charge in [-0.05, 0) is 36.4 Å². The van der Waals surface area contributed by atoms with E-state index >= 15 is 0 Å². The zero-order valence-electron chi connectivity index (χ0n) is 10.7. The van der Waals surface area contributed by atoms with Crippen LogP contribution >= 0.6 is 11.6 Å². The fourth-order valence-corrected chi connectivity index (χ4v) is 2.72. The Balaban J connectivity index is 2.32. The molecule has 1 heterocycles. The van der Waals surface area contributed by atoms with Gasteiger partial charge in [0.05, 0.1) is 16.8 Å². The van der Waals surface area contributed by atoms with Crippen molar-refractivity contribution in [2.45, 2.75) is 4.90 Å². The third-order valence-electron chi connectivity index (χ3n) is 2.56. The van der Waals surface area contributed by atoms with Gasteiger partial charge >= 0.3 is 0 Å². The lowest BCUT2D eigenvalue weighted by Crippen LogP contribution is -2.05. The molecule has 106 valence electrons. The van der Waals surface area contributed by atoms with Gasteiger partial charge in [0.1, 0.15) is 6.07 Å². The molecule has 0 bridgehead atoms. The molecule has 2 rings (SSSR count). The maximum absolute atomic E-state index is 12.3. The predicted molar refractivity (Wildman–Crippen MR) is 80.2 cm³/mol. The molecule has 21 heavy (non-hydrogen) atoms. The highest BCUT2D eigenvalue weighted by Gasteiger charge is 2.20. The summed E-state index contributed by atoms with van der Waals surface area (Å²) in [5.74, 6) is 0. The van der Waals surface area contributed by atoms with Crippen molar-refractivity contribution in [3.05, 3.63) is 64.9 Å². The largest absolute Gasteiger partial charge is 0.359 e. The molecule has 2 aromatic rings. The maximum atomic E-state index is 12.3. The summed E-state index contributed by atoms with van der Waals surface area (Å²) in [6, 6.07) is 10.7. The number of nitriles is 1. The fraction of sp³-hybridized carbons (Fsp3) is 0. The van der Waals surface area contributed by atoms with Gasteiger partial charge in [-0.2, -0.15) is 5.26 Å². The van der Waals surface area contributed by atoms with E-state index in [2.05, 4.69) is 10.3 Å². The normalized spacial score (nSPS) is 11.7. The number of pyridine rings is 1. The Hall–Kier alpha value is -2.36. The van der Waals surface area contributed by atoms with Crippen molar-refractivity contribution < 1.29 is 8.42 Å². The summed E-state index contributed by atoms with van der Waals surface area (Å²) in [4.78, 5) is 3.49. The number of hydrogen-bond acceptors (Lipinski definition) is 5. The van der Waals surface area contributed by atoms with Crippen LogP contribution in [0.5, 0.6) is 0 Å². The van der Waals surface area contributed by atoms with Crippen molar-refractivity contribution in [1.82, 2.24) is 4.98 Å². The SMILES string of the molecule is N#CC(=CNc1cccnc1)S(=O)(=O)c1ccc(Cl)cc1. The van der Waals surface area contributed by atoms with Gasteiger partial charge in [0.25, 0.3) is 0 Å². The fourth-order valence-electron chi connectivity index (χ4n) is 1.51. The topological polar surface area (TPSA) is 82.8 Å². The van der Waals surface area contributed by atoms with Crippen LogP contribution < -0.4 is 5.32 Å². The Morgan fingerprint density at radius 3 is 2.57 bits per heavy atom. The molecule has 0 spiro atoms. The number of halogens is 1. The van der Waals surface area contributed by atoms with Gasteiger partial charge in [0, 0.05) is 17.4 Å². The number of aromatic nitrogens is 1. The van der Waals surface area contributed by atoms with Crippen molar-refractivity contribution >= 4 is 27.1 Å². The smallest absolute Gasteiger partial charge is 0.218 e. The molecule has 1 aromatic heterocycles. The summed E-state index contributed by atoms with van der Waals surface area (Å²) in [5.41, 5.74) is 0.580. The molecule has 0 fully saturated rings. The third kappa shape index (κ3) is 3.60. The van der Waals surface area contributed by atoms with E-state index in [9.17, 15) is 8.42 Å². The van der Waals surface area contributed by atoms with E-state index < -0.39 is 14.7 Å². The Bertz CT molecular complexity index is 794. The first-order valence-corrected chi connectivity index (χ1v) is 7.67. The lowest BCUT2D eigenvalue weighted by atomic mass is 10.4. The van der Waals surface area contributed by atoms with Gasteiger partial charge in [-0.1, -0.05) is 11.6 Å². The quantitative estimate of drug-likeness (QED) is 0.876. The number of rotatable bonds is 4. The average molecular weight is 320 g/mol. The molecule has 0 unspecified atom stereocenters. The molecule has 5 nitrogen and oxygen atoms in total. The Morgan fingerprint density at radius 2 is 2.00 bits per heavy atom. The third-order valence-corrected chi connectivity index (χ3v) is 4.49. The Morgan fingerprint density at radius 1 is 1.29 bits per heavy atom. The molecule has 7 heteroatoms. The summed E-state index contributed by atoms with van der Waals surface area (Å²) >= 11 is 5.72. The molecular weight excluding hydrogens is 310 g/mol. The number of allylic oxidation sites excluding steroid dienone is 1. The van der Waals surface area contributed by atoms with Crippen molar-refractivity contribution in [3.8, 4) is 6.07 Å². The maximum Gasteiger partial charge on any atom is 0.218 e. The van der Waals surface area contributed by atoms with Crippen molar-refractivity contribution in [3.63, 3.8) is 0 Å². The zero-order valence-corrected chi connectivity index (χ0v) is 12.3. The second-order valence-corrected chi connectivity index (χ2v) is 6.32. The highest BCUT2D eigenvalue weighted by Crippen LogP contribution is 2.21. The minimum absolute atomic E-state index is 0.00712. The van der Waals surface area contributed by atoms with E-state index in [1.807, 2.05) is 0 Å². The number of nitrogens with zero attached hydrogens (tertiary/aromatic N) is 2. The molecule has 0 saturated heterocycles. The molecule has 0 radical (unpaired) electrons. The zero-order chi connectivity index (χ0) is 15.3. The summed E-state index contributed by atoms with van der Waals surface area (Å²) in [6.45, 7) is 0. The molecule has 0 aliphatic rings. The van der Waals surface area contributed by atoms with Gasteiger partial charge in [-0.25, -0.2) is 8.42 Å². The molecule has 0 atom stereocenters. The summed E-state index contributed by atoms with van der Waals surface area (Å²) in [6.07, 6.45) is 4.24. The van der Waals surface area contributed by atoms with E-state index in [0.29, 0.717) is 10.7 Å². The van der Waals surface area contributed by atoms with Crippen LogP contribution in [0.2, 0.25) is 5.02 Å². The minimum Gasteiger partial charge on any atom is -0.359 e. The van der Waals surface area contributed by atoms with E-state index in [-0.39, 0.29) is 4.90 Å². The van der Waals surface area contributed by atoms with Crippen LogP contribution in [0.3, 0.4) is 0 Å².